The summed E-state index contributed by atoms with van der Waals surface area (Å²) in [5, 5.41) is 8.05. The van der Waals surface area contributed by atoms with Crippen LogP contribution in [-0.2, 0) is 14.3 Å². The largest absolute Gasteiger partial charge is 0.496 e. The minimum Gasteiger partial charge on any atom is -0.496 e. The quantitative estimate of drug-likeness (QED) is 0.258. The van der Waals surface area contributed by atoms with Gasteiger partial charge in [0.15, 0.2) is 6.61 Å². The number of nitrogens with one attached hydrogen (secondary N) is 1. The van der Waals surface area contributed by atoms with Crippen LogP contribution in [0.4, 0.5) is 30.5 Å². The first kappa shape index (κ1) is 32.9. The van der Waals surface area contributed by atoms with E-state index in [1.165, 1.54) is 4.90 Å². The number of anilines is 3. The number of fused-ring (bicyclic) bond motifs is 1. The Morgan fingerprint density at radius 3 is 2.35 bits per heavy atom. The minimum atomic E-state index is -5.12. The molecule has 0 radical (unpaired) electrons. The SMILES string of the molecule is COc1cc(N2CCC(N3CCN(C(=O)COC(=O)C(F)(F)F)CC3)CC2)ccc1Nc1ncc2ccc(-c3ccccc3OC)n2n1. The van der Waals surface area contributed by atoms with Crippen LogP contribution >= 0.6 is 0 Å². The number of hydrogen-bond donors (Lipinski definition) is 1. The standard InChI is InChI=1S/C33H36F3N7O5/c1-46-28-6-4-3-5-25(28)27-10-8-24-20-37-32(39-43(24)27)38-26-9-7-23(19-29(26)47-2)40-13-11-22(12-14-40)41-15-17-42(18-16-41)30(44)21-48-31(45)33(34,35)36/h3-10,19-20,22H,11-18,21H2,1-2H3,(H,38,39). The summed E-state index contributed by atoms with van der Waals surface area (Å²) >= 11 is 0. The van der Waals surface area contributed by atoms with E-state index in [0.717, 1.165) is 59.8 Å². The van der Waals surface area contributed by atoms with E-state index in [1.807, 2.05) is 59.1 Å². The van der Waals surface area contributed by atoms with Gasteiger partial charge in [0.25, 0.3) is 5.91 Å². The number of halogens is 3. The van der Waals surface area contributed by atoms with Crippen LogP contribution in [0.2, 0.25) is 0 Å². The van der Waals surface area contributed by atoms with E-state index in [-0.39, 0.29) is 0 Å². The van der Waals surface area contributed by atoms with Gasteiger partial charge in [0.1, 0.15) is 11.5 Å². The number of para-hydroxylation sites is 1. The van der Waals surface area contributed by atoms with Crippen molar-refractivity contribution in [1.82, 2.24) is 24.4 Å². The Kier molecular flexibility index (Phi) is 9.57. The Bertz CT molecular complexity index is 1770. The zero-order valence-corrected chi connectivity index (χ0v) is 26.6. The van der Waals surface area contributed by atoms with Gasteiger partial charge < -0.3 is 29.3 Å². The molecule has 2 fully saturated rings. The number of carbonyl (C=O) groups is 2. The lowest BCUT2D eigenvalue weighted by atomic mass is 10.0. The number of piperidine rings is 1. The fraction of sp³-hybridized carbons (Fsp3) is 0.394. The summed E-state index contributed by atoms with van der Waals surface area (Å²) in [5.74, 6) is -1.17. The summed E-state index contributed by atoms with van der Waals surface area (Å²) in [5.41, 5.74) is 4.39. The fourth-order valence-electron chi connectivity index (χ4n) is 6.25. The molecule has 254 valence electrons. The highest BCUT2D eigenvalue weighted by atomic mass is 19.4. The predicted octanol–water partition coefficient (Wildman–Crippen LogP) is 4.38. The number of esters is 1. The maximum Gasteiger partial charge on any atom is 0.490 e. The van der Waals surface area contributed by atoms with E-state index >= 15 is 0 Å². The second kappa shape index (κ2) is 14.0. The van der Waals surface area contributed by atoms with Gasteiger partial charge in [0.2, 0.25) is 5.95 Å². The van der Waals surface area contributed by atoms with Crippen molar-refractivity contribution in [3.8, 4) is 22.8 Å². The Morgan fingerprint density at radius 2 is 1.65 bits per heavy atom. The maximum atomic E-state index is 12.4. The van der Waals surface area contributed by atoms with Crippen LogP contribution in [0.3, 0.4) is 0 Å². The monoisotopic (exact) mass is 667 g/mol. The third kappa shape index (κ3) is 7.10. The number of alkyl halides is 3. The third-order valence-electron chi connectivity index (χ3n) is 8.78. The first-order chi connectivity index (χ1) is 23.1. The molecular formula is C33H36F3N7O5. The van der Waals surface area contributed by atoms with Crippen molar-refractivity contribution in [2.24, 2.45) is 0 Å². The second-order valence-corrected chi connectivity index (χ2v) is 11.6. The molecule has 0 bridgehead atoms. The molecule has 1 N–H and O–H groups in total. The van der Waals surface area contributed by atoms with E-state index in [1.54, 1.807) is 20.4 Å². The van der Waals surface area contributed by atoms with Crippen LogP contribution in [0, 0.1) is 0 Å². The van der Waals surface area contributed by atoms with Gasteiger partial charge in [-0.25, -0.2) is 14.3 Å². The van der Waals surface area contributed by atoms with Crippen molar-refractivity contribution < 1.29 is 37.0 Å². The molecule has 0 aliphatic carbocycles. The molecule has 6 rings (SSSR count). The van der Waals surface area contributed by atoms with E-state index < -0.39 is 24.7 Å². The first-order valence-corrected chi connectivity index (χ1v) is 15.6. The number of rotatable bonds is 9. The molecule has 0 spiro atoms. The van der Waals surface area contributed by atoms with Gasteiger partial charge in [-0.1, -0.05) is 12.1 Å². The van der Waals surface area contributed by atoms with Crippen LogP contribution in [0.15, 0.2) is 60.8 Å². The number of hydrogen-bond acceptors (Lipinski definition) is 10. The van der Waals surface area contributed by atoms with Gasteiger partial charge in [0, 0.05) is 62.6 Å². The number of nitrogens with zero attached hydrogens (tertiary/aromatic N) is 6. The van der Waals surface area contributed by atoms with Crippen molar-refractivity contribution in [1.29, 1.82) is 0 Å². The lowest BCUT2D eigenvalue weighted by molar-refractivity contribution is -0.200. The summed E-state index contributed by atoms with van der Waals surface area (Å²) in [6, 6.07) is 18.0. The first-order valence-electron chi connectivity index (χ1n) is 15.6. The summed E-state index contributed by atoms with van der Waals surface area (Å²) in [6.07, 6.45) is -1.53. The second-order valence-electron chi connectivity index (χ2n) is 11.6. The Balaban J connectivity index is 1.04. The Morgan fingerprint density at radius 1 is 0.917 bits per heavy atom. The highest BCUT2D eigenvalue weighted by Gasteiger charge is 2.41. The fourth-order valence-corrected chi connectivity index (χ4v) is 6.25. The Labute approximate surface area is 275 Å². The molecule has 4 aromatic rings. The highest BCUT2D eigenvalue weighted by Crippen LogP contribution is 2.34. The predicted molar refractivity (Wildman–Crippen MR) is 172 cm³/mol. The van der Waals surface area contributed by atoms with Gasteiger partial charge >= 0.3 is 12.1 Å². The topological polar surface area (TPSA) is 114 Å². The molecule has 2 saturated heterocycles. The van der Waals surface area contributed by atoms with Crippen molar-refractivity contribution in [2.45, 2.75) is 25.1 Å². The van der Waals surface area contributed by atoms with E-state index in [4.69, 9.17) is 14.6 Å². The van der Waals surface area contributed by atoms with Gasteiger partial charge in [-0.2, -0.15) is 13.2 Å². The summed E-state index contributed by atoms with van der Waals surface area (Å²) in [6.45, 7) is 2.70. The maximum absolute atomic E-state index is 12.4. The number of ether oxygens (including phenoxy) is 3. The minimum absolute atomic E-state index is 0.325. The number of benzene rings is 2. The van der Waals surface area contributed by atoms with Crippen LogP contribution in [-0.4, -0.2) is 109 Å². The molecule has 0 atom stereocenters. The molecule has 2 aliphatic rings. The van der Waals surface area contributed by atoms with Crippen molar-refractivity contribution in [3.63, 3.8) is 0 Å². The third-order valence-corrected chi connectivity index (χ3v) is 8.78. The number of piperazine rings is 1. The normalized spacial score (nSPS) is 16.2. The molecule has 15 heteroatoms. The Hall–Kier alpha value is -5.05. The molecule has 0 unspecified atom stereocenters. The molecule has 1 amide bonds. The van der Waals surface area contributed by atoms with Gasteiger partial charge in [0.05, 0.1) is 37.3 Å². The number of amides is 1. The van der Waals surface area contributed by atoms with E-state index in [9.17, 15) is 22.8 Å². The zero-order valence-electron chi connectivity index (χ0n) is 26.6. The molecule has 2 aromatic carbocycles. The molecular weight excluding hydrogens is 631 g/mol. The summed E-state index contributed by atoms with van der Waals surface area (Å²) in [7, 11) is 3.26. The smallest absolute Gasteiger partial charge is 0.490 e. The molecule has 0 saturated carbocycles. The number of methoxy groups -OCH3 is 2. The van der Waals surface area contributed by atoms with Gasteiger partial charge in [-0.05, 0) is 49.2 Å². The van der Waals surface area contributed by atoms with Gasteiger partial charge in [-0.3, -0.25) is 9.69 Å². The molecule has 12 nitrogen and oxygen atoms in total. The molecule has 2 aliphatic heterocycles. The summed E-state index contributed by atoms with van der Waals surface area (Å²) in [4.78, 5) is 33.7. The van der Waals surface area contributed by atoms with Gasteiger partial charge in [-0.15, -0.1) is 5.10 Å². The highest BCUT2D eigenvalue weighted by molar-refractivity contribution is 5.82. The van der Waals surface area contributed by atoms with E-state index in [2.05, 4.69) is 24.8 Å². The number of carbonyl (C=O) groups excluding carboxylic acids is 2. The molecule has 48 heavy (non-hydrogen) atoms. The van der Waals surface area contributed by atoms with Crippen LogP contribution in [0.1, 0.15) is 12.8 Å². The van der Waals surface area contributed by atoms with Crippen molar-refractivity contribution in [3.05, 3.63) is 60.8 Å². The lowest BCUT2D eigenvalue weighted by Gasteiger charge is -2.43. The van der Waals surface area contributed by atoms with Crippen LogP contribution < -0.4 is 19.7 Å². The molecule has 4 heterocycles. The average Bonchev–Trinajstić information content (AvgIpc) is 3.53. The van der Waals surface area contributed by atoms with Crippen LogP contribution in [0.5, 0.6) is 11.5 Å². The van der Waals surface area contributed by atoms with Crippen molar-refractivity contribution >= 4 is 34.7 Å². The summed E-state index contributed by atoms with van der Waals surface area (Å²) < 4.78 is 54.3. The molecule has 2 aromatic heterocycles. The van der Waals surface area contributed by atoms with Crippen molar-refractivity contribution in [2.75, 3.05) is 70.3 Å². The number of aromatic nitrogens is 3. The zero-order chi connectivity index (χ0) is 33.8. The average molecular weight is 668 g/mol. The van der Waals surface area contributed by atoms with Crippen LogP contribution in [0.25, 0.3) is 16.8 Å². The lowest BCUT2D eigenvalue weighted by Crippen LogP contribution is -2.55. The van der Waals surface area contributed by atoms with E-state index in [0.29, 0.717) is 43.9 Å².